The number of hydrogen-bond acceptors (Lipinski definition) is 2. The van der Waals surface area contributed by atoms with Gasteiger partial charge in [0.15, 0.2) is 0 Å². The Morgan fingerprint density at radius 2 is 1.41 bits per heavy atom. The molecule has 1 N–H and O–H groups in total. The lowest BCUT2D eigenvalue weighted by Crippen LogP contribution is -2.51. The van der Waals surface area contributed by atoms with Crippen LogP contribution in [-0.4, -0.2) is 29.3 Å². The highest BCUT2D eigenvalue weighted by Crippen LogP contribution is 2.18. The van der Waals surface area contributed by atoms with E-state index in [2.05, 4.69) is 30.4 Å². The highest BCUT2D eigenvalue weighted by molar-refractivity contribution is 5.88. The maximum absolute atomic E-state index is 13.8. The van der Waals surface area contributed by atoms with Gasteiger partial charge in [0.25, 0.3) is 0 Å². The van der Waals surface area contributed by atoms with Crippen LogP contribution < -0.4 is 5.32 Å². The largest absolute Gasteiger partial charge is 0.354 e. The molecule has 34 heavy (non-hydrogen) atoms. The quantitative estimate of drug-likeness (QED) is 0.393. The number of carbonyl (C=O) groups excluding carboxylic acids is 2. The van der Waals surface area contributed by atoms with E-state index < -0.39 is 6.04 Å². The number of rotatable bonds is 11. The summed E-state index contributed by atoms with van der Waals surface area (Å²) in [5.41, 5.74) is 5.29. The van der Waals surface area contributed by atoms with E-state index in [0.29, 0.717) is 19.5 Å². The molecule has 3 rings (SSSR count). The third-order valence-corrected chi connectivity index (χ3v) is 5.93. The molecule has 0 spiro atoms. The van der Waals surface area contributed by atoms with Crippen LogP contribution in [0, 0.1) is 13.8 Å². The van der Waals surface area contributed by atoms with Crippen molar-refractivity contribution >= 4 is 11.8 Å². The summed E-state index contributed by atoms with van der Waals surface area (Å²) in [6, 6.07) is 25.5. The zero-order chi connectivity index (χ0) is 24.3. The van der Waals surface area contributed by atoms with Crippen LogP contribution in [0.3, 0.4) is 0 Å². The lowest BCUT2D eigenvalue weighted by molar-refractivity contribution is -0.140. The predicted octanol–water partition coefficient (Wildman–Crippen LogP) is 5.40. The molecule has 0 saturated heterocycles. The summed E-state index contributed by atoms with van der Waals surface area (Å²) in [6.45, 7) is 7.20. The maximum Gasteiger partial charge on any atom is 0.243 e. The van der Waals surface area contributed by atoms with Gasteiger partial charge in [-0.05, 0) is 37.0 Å². The summed E-state index contributed by atoms with van der Waals surface area (Å²) in [4.78, 5) is 28.9. The number of benzene rings is 3. The number of unbranched alkanes of at least 4 members (excludes halogenated alkanes) is 1. The van der Waals surface area contributed by atoms with Crippen LogP contribution in [0.15, 0.2) is 78.9 Å². The molecular weight excluding hydrogens is 420 g/mol. The van der Waals surface area contributed by atoms with E-state index in [1.54, 1.807) is 4.90 Å². The molecular formula is C30H36N2O2. The van der Waals surface area contributed by atoms with Gasteiger partial charge in [0, 0.05) is 19.5 Å². The summed E-state index contributed by atoms with van der Waals surface area (Å²) in [6.07, 6.45) is 2.66. The van der Waals surface area contributed by atoms with Crippen molar-refractivity contribution in [2.45, 2.75) is 59.0 Å². The molecule has 0 aromatic heterocycles. The van der Waals surface area contributed by atoms with Crippen LogP contribution >= 0.6 is 0 Å². The molecule has 1 unspecified atom stereocenters. The Kier molecular flexibility index (Phi) is 9.45. The Balaban J connectivity index is 1.93. The topological polar surface area (TPSA) is 49.4 Å². The molecule has 3 aromatic rings. The lowest BCUT2D eigenvalue weighted by Gasteiger charge is -2.32. The van der Waals surface area contributed by atoms with Crippen LogP contribution in [-0.2, 0) is 29.0 Å². The summed E-state index contributed by atoms with van der Waals surface area (Å²) in [7, 11) is 0. The zero-order valence-electron chi connectivity index (χ0n) is 20.6. The number of nitrogens with one attached hydrogen (secondary N) is 1. The molecule has 2 amide bonds. The van der Waals surface area contributed by atoms with Gasteiger partial charge in [-0.1, -0.05) is 103 Å². The summed E-state index contributed by atoms with van der Waals surface area (Å²) < 4.78 is 0. The van der Waals surface area contributed by atoms with Crippen LogP contribution in [0.25, 0.3) is 0 Å². The van der Waals surface area contributed by atoms with Crippen LogP contribution in [0.1, 0.15) is 47.6 Å². The minimum Gasteiger partial charge on any atom is -0.354 e. The first-order valence-corrected chi connectivity index (χ1v) is 12.2. The molecule has 4 nitrogen and oxygen atoms in total. The first-order valence-electron chi connectivity index (χ1n) is 12.2. The first-order chi connectivity index (χ1) is 16.5. The Labute approximate surface area is 204 Å². The first kappa shape index (κ1) is 25.2. The number of nitrogens with zero attached hydrogens (tertiary/aromatic N) is 1. The molecule has 0 fully saturated rings. The molecule has 0 saturated carbocycles. The van der Waals surface area contributed by atoms with Gasteiger partial charge in [-0.15, -0.1) is 0 Å². The van der Waals surface area contributed by atoms with Gasteiger partial charge in [0.05, 0.1) is 6.42 Å². The molecule has 0 heterocycles. The van der Waals surface area contributed by atoms with Crippen molar-refractivity contribution in [2.75, 3.05) is 6.54 Å². The summed E-state index contributed by atoms with van der Waals surface area (Å²) in [5.74, 6) is -0.137. The third kappa shape index (κ3) is 7.58. The molecule has 4 heteroatoms. The van der Waals surface area contributed by atoms with Gasteiger partial charge in [-0.2, -0.15) is 0 Å². The minimum absolute atomic E-state index is 0.0413. The van der Waals surface area contributed by atoms with Crippen molar-refractivity contribution in [2.24, 2.45) is 0 Å². The number of carbonyl (C=O) groups is 2. The number of amides is 2. The second-order valence-electron chi connectivity index (χ2n) is 9.03. The molecule has 0 radical (unpaired) electrons. The molecule has 3 aromatic carbocycles. The van der Waals surface area contributed by atoms with Crippen molar-refractivity contribution in [3.05, 3.63) is 107 Å². The second-order valence-corrected chi connectivity index (χ2v) is 9.03. The van der Waals surface area contributed by atoms with Gasteiger partial charge in [-0.25, -0.2) is 0 Å². The van der Waals surface area contributed by atoms with E-state index in [1.165, 1.54) is 0 Å². The fourth-order valence-electron chi connectivity index (χ4n) is 4.29. The fourth-order valence-corrected chi connectivity index (χ4v) is 4.29. The Bertz CT molecular complexity index is 1040. The van der Waals surface area contributed by atoms with E-state index in [-0.39, 0.29) is 18.2 Å². The molecule has 0 aliphatic heterocycles. The van der Waals surface area contributed by atoms with E-state index in [9.17, 15) is 9.59 Å². The van der Waals surface area contributed by atoms with E-state index in [0.717, 1.165) is 40.7 Å². The molecule has 178 valence electrons. The van der Waals surface area contributed by atoms with Crippen LogP contribution in [0.5, 0.6) is 0 Å². The van der Waals surface area contributed by atoms with E-state index in [4.69, 9.17) is 0 Å². The smallest absolute Gasteiger partial charge is 0.243 e. The number of hydrogen-bond donors (Lipinski definition) is 1. The second kappa shape index (κ2) is 12.7. The highest BCUT2D eigenvalue weighted by Gasteiger charge is 2.30. The Morgan fingerprint density at radius 1 is 0.824 bits per heavy atom. The SMILES string of the molecule is CCCCNC(=O)C(Cc1ccccc1)N(Cc1ccccc1)C(=O)Cc1cc(C)cc(C)c1. The van der Waals surface area contributed by atoms with Crippen molar-refractivity contribution in [3.8, 4) is 0 Å². The van der Waals surface area contributed by atoms with Crippen molar-refractivity contribution in [1.82, 2.24) is 10.2 Å². The van der Waals surface area contributed by atoms with Gasteiger partial charge < -0.3 is 10.2 Å². The average Bonchev–Trinajstić information content (AvgIpc) is 2.82. The van der Waals surface area contributed by atoms with Crippen molar-refractivity contribution < 1.29 is 9.59 Å². The Morgan fingerprint density at radius 3 is 2.00 bits per heavy atom. The minimum atomic E-state index is -0.585. The highest BCUT2D eigenvalue weighted by atomic mass is 16.2. The summed E-state index contributed by atoms with van der Waals surface area (Å²) >= 11 is 0. The lowest BCUT2D eigenvalue weighted by atomic mass is 10.0. The standard InChI is InChI=1S/C30H36N2O2/c1-4-5-16-31-30(34)28(20-25-12-8-6-9-13-25)32(22-26-14-10-7-11-15-26)29(33)21-27-18-23(2)17-24(3)19-27/h6-15,17-19,28H,4-5,16,20-22H2,1-3H3,(H,31,34). The third-order valence-electron chi connectivity index (χ3n) is 5.93. The monoisotopic (exact) mass is 456 g/mol. The van der Waals surface area contributed by atoms with E-state index >= 15 is 0 Å². The maximum atomic E-state index is 13.8. The van der Waals surface area contributed by atoms with Crippen molar-refractivity contribution in [1.29, 1.82) is 0 Å². The predicted molar refractivity (Wildman–Crippen MR) is 138 cm³/mol. The van der Waals surface area contributed by atoms with E-state index in [1.807, 2.05) is 74.5 Å². The number of aryl methyl sites for hydroxylation is 2. The average molecular weight is 457 g/mol. The molecule has 0 bridgehead atoms. The molecule has 0 aliphatic carbocycles. The molecule has 0 aliphatic rings. The normalized spacial score (nSPS) is 11.6. The van der Waals surface area contributed by atoms with Gasteiger partial charge in [0.2, 0.25) is 11.8 Å². The zero-order valence-corrected chi connectivity index (χ0v) is 20.6. The summed E-state index contributed by atoms with van der Waals surface area (Å²) in [5, 5.41) is 3.07. The molecule has 1 atom stereocenters. The van der Waals surface area contributed by atoms with Gasteiger partial charge >= 0.3 is 0 Å². The van der Waals surface area contributed by atoms with Crippen molar-refractivity contribution in [3.63, 3.8) is 0 Å². The Hall–Kier alpha value is -3.40. The van der Waals surface area contributed by atoms with Gasteiger partial charge in [0.1, 0.15) is 6.04 Å². The van der Waals surface area contributed by atoms with Crippen LogP contribution in [0.4, 0.5) is 0 Å². The van der Waals surface area contributed by atoms with Gasteiger partial charge in [-0.3, -0.25) is 9.59 Å². The fraction of sp³-hybridized carbons (Fsp3) is 0.333. The van der Waals surface area contributed by atoms with Crippen LogP contribution in [0.2, 0.25) is 0 Å².